The number of benzene rings is 1. The lowest BCUT2D eigenvalue weighted by atomic mass is 10.1. The van der Waals surface area contributed by atoms with Crippen LogP contribution in [0.4, 0.5) is 18.9 Å². The Hall–Kier alpha value is -2.40. The van der Waals surface area contributed by atoms with Crippen LogP contribution in [0.5, 0.6) is 0 Å². The van der Waals surface area contributed by atoms with E-state index in [0.29, 0.717) is 25.1 Å². The van der Waals surface area contributed by atoms with E-state index in [2.05, 4.69) is 9.82 Å². The molecule has 0 aliphatic carbocycles. The molecule has 1 atom stereocenters. The molecular formula is C19H23F3N4O3S. The fourth-order valence-corrected chi connectivity index (χ4v) is 4.43. The zero-order chi connectivity index (χ0) is 21.9. The number of hydrogen-bond donors (Lipinski definition) is 1. The number of nitrogens with one attached hydrogen (secondary N) is 1. The van der Waals surface area contributed by atoms with Gasteiger partial charge in [-0.1, -0.05) is 6.92 Å². The van der Waals surface area contributed by atoms with E-state index >= 15 is 0 Å². The van der Waals surface area contributed by atoms with Crippen LogP contribution in [0.1, 0.15) is 44.3 Å². The van der Waals surface area contributed by atoms with Crippen molar-refractivity contribution in [2.24, 2.45) is 0 Å². The van der Waals surface area contributed by atoms with Crippen LogP contribution in [0.15, 0.2) is 41.4 Å². The van der Waals surface area contributed by atoms with Gasteiger partial charge in [0.2, 0.25) is 15.9 Å². The zero-order valence-corrected chi connectivity index (χ0v) is 17.2. The summed E-state index contributed by atoms with van der Waals surface area (Å²) in [7, 11) is -3.78. The number of alkyl halides is 3. The Balaban J connectivity index is 1.60. The first-order valence-electron chi connectivity index (χ1n) is 9.64. The van der Waals surface area contributed by atoms with Gasteiger partial charge in [0.1, 0.15) is 0 Å². The molecule has 1 aliphatic heterocycles. The van der Waals surface area contributed by atoms with Crippen molar-refractivity contribution in [3.63, 3.8) is 0 Å². The number of amides is 1. The van der Waals surface area contributed by atoms with Crippen LogP contribution < -0.4 is 9.62 Å². The Morgan fingerprint density at radius 2 is 1.90 bits per heavy atom. The molecule has 1 aliphatic rings. The second-order valence-electron chi connectivity index (χ2n) is 7.07. The SMILES string of the molecule is CC[C@H](CCNS(=O)(=O)c1ccc(N2CCCC2=O)cc1)n1ccc(C(F)(F)F)n1. The maximum atomic E-state index is 12.7. The molecule has 0 radical (unpaired) electrons. The van der Waals surface area contributed by atoms with Gasteiger partial charge in [0.25, 0.3) is 0 Å². The van der Waals surface area contributed by atoms with Gasteiger partial charge in [0, 0.05) is 31.4 Å². The average molecular weight is 444 g/mol. The predicted molar refractivity (Wildman–Crippen MR) is 104 cm³/mol. The first kappa shape index (κ1) is 22.3. The van der Waals surface area contributed by atoms with Crippen LogP contribution in [0.25, 0.3) is 0 Å². The molecule has 30 heavy (non-hydrogen) atoms. The lowest BCUT2D eigenvalue weighted by Gasteiger charge is -2.17. The summed E-state index contributed by atoms with van der Waals surface area (Å²) in [5, 5.41) is 3.56. The van der Waals surface area contributed by atoms with E-state index in [0.717, 1.165) is 12.5 Å². The van der Waals surface area contributed by atoms with Gasteiger partial charge in [-0.15, -0.1) is 0 Å². The number of sulfonamides is 1. The molecular weight excluding hydrogens is 421 g/mol. The first-order chi connectivity index (χ1) is 14.1. The summed E-state index contributed by atoms with van der Waals surface area (Å²) in [6, 6.07) is 6.59. The van der Waals surface area contributed by atoms with Gasteiger partial charge in [0.05, 0.1) is 10.9 Å². The molecule has 7 nitrogen and oxygen atoms in total. The largest absolute Gasteiger partial charge is 0.435 e. The molecule has 1 saturated heterocycles. The van der Waals surface area contributed by atoms with Crippen LogP contribution in [0.2, 0.25) is 0 Å². The van der Waals surface area contributed by atoms with E-state index in [-0.39, 0.29) is 29.8 Å². The van der Waals surface area contributed by atoms with Crippen molar-refractivity contribution < 1.29 is 26.4 Å². The summed E-state index contributed by atoms with van der Waals surface area (Å²) in [6.45, 7) is 2.46. The molecule has 1 amide bonds. The van der Waals surface area contributed by atoms with E-state index in [1.165, 1.54) is 23.0 Å². The van der Waals surface area contributed by atoms with Crippen LogP contribution in [-0.2, 0) is 21.0 Å². The highest BCUT2D eigenvalue weighted by Crippen LogP contribution is 2.28. The molecule has 0 unspecified atom stereocenters. The topological polar surface area (TPSA) is 84.3 Å². The Morgan fingerprint density at radius 1 is 1.20 bits per heavy atom. The number of hydrogen-bond acceptors (Lipinski definition) is 4. The molecule has 3 rings (SSSR count). The van der Waals surface area contributed by atoms with E-state index in [1.807, 2.05) is 0 Å². The molecule has 1 aromatic heterocycles. The quantitative estimate of drug-likeness (QED) is 0.677. The lowest BCUT2D eigenvalue weighted by molar-refractivity contribution is -0.141. The van der Waals surface area contributed by atoms with Crippen molar-refractivity contribution in [2.75, 3.05) is 18.0 Å². The first-order valence-corrected chi connectivity index (χ1v) is 11.1. The fraction of sp³-hybridized carbons (Fsp3) is 0.474. The standard InChI is InChI=1S/C19H23F3N4O3S/c1-2-14(26-13-10-17(24-26)19(20,21)22)9-11-23-30(28,29)16-7-5-15(6-8-16)25-12-3-4-18(25)27/h5-8,10,13-14,23H,2-4,9,11-12H2,1H3/t14-/m1/s1. The van der Waals surface area contributed by atoms with E-state index < -0.39 is 21.9 Å². The number of carbonyl (C=O) groups excluding carboxylic acids is 1. The molecule has 0 saturated carbocycles. The highest BCUT2D eigenvalue weighted by Gasteiger charge is 2.34. The average Bonchev–Trinajstić information content (AvgIpc) is 3.34. The van der Waals surface area contributed by atoms with Gasteiger partial charge in [-0.3, -0.25) is 9.48 Å². The van der Waals surface area contributed by atoms with Gasteiger partial charge >= 0.3 is 6.18 Å². The van der Waals surface area contributed by atoms with Crippen molar-refractivity contribution in [2.45, 2.75) is 49.7 Å². The zero-order valence-electron chi connectivity index (χ0n) is 16.4. The Kier molecular flexibility index (Phi) is 6.51. The highest BCUT2D eigenvalue weighted by atomic mass is 32.2. The van der Waals surface area contributed by atoms with Crippen molar-refractivity contribution in [3.05, 3.63) is 42.2 Å². The van der Waals surface area contributed by atoms with Crippen LogP contribution in [0.3, 0.4) is 0 Å². The summed E-state index contributed by atoms with van der Waals surface area (Å²) < 4.78 is 66.9. The number of nitrogens with zero attached hydrogens (tertiary/aromatic N) is 3. The molecule has 0 bridgehead atoms. The molecule has 1 N–H and O–H groups in total. The van der Waals surface area contributed by atoms with Crippen LogP contribution in [0, 0.1) is 0 Å². The smallest absolute Gasteiger partial charge is 0.312 e. The third-order valence-corrected chi connectivity index (χ3v) is 6.52. The second kappa shape index (κ2) is 8.76. The van der Waals surface area contributed by atoms with Crippen molar-refractivity contribution in [1.29, 1.82) is 0 Å². The number of aromatic nitrogens is 2. The normalized spacial score (nSPS) is 16.3. The maximum Gasteiger partial charge on any atom is 0.435 e. The number of rotatable bonds is 8. The van der Waals surface area contributed by atoms with Gasteiger partial charge in [-0.25, -0.2) is 13.1 Å². The fourth-order valence-electron chi connectivity index (χ4n) is 3.39. The van der Waals surface area contributed by atoms with Crippen molar-refractivity contribution in [1.82, 2.24) is 14.5 Å². The molecule has 1 fully saturated rings. The third kappa shape index (κ3) is 5.01. The molecule has 0 spiro atoms. The number of halogens is 3. The minimum absolute atomic E-state index is 0.0154. The number of anilines is 1. The predicted octanol–water partition coefficient (Wildman–Crippen LogP) is 3.35. The van der Waals surface area contributed by atoms with Gasteiger partial charge in [0.15, 0.2) is 5.69 Å². The van der Waals surface area contributed by atoms with E-state index in [4.69, 9.17) is 0 Å². The molecule has 164 valence electrons. The Bertz CT molecular complexity index is 987. The molecule has 11 heteroatoms. The second-order valence-corrected chi connectivity index (χ2v) is 8.84. The van der Waals surface area contributed by atoms with Gasteiger partial charge < -0.3 is 4.90 Å². The third-order valence-electron chi connectivity index (χ3n) is 5.05. The van der Waals surface area contributed by atoms with Crippen LogP contribution in [-0.4, -0.2) is 37.2 Å². The number of carbonyl (C=O) groups is 1. The monoisotopic (exact) mass is 444 g/mol. The summed E-state index contributed by atoms with van der Waals surface area (Å²) >= 11 is 0. The maximum absolute atomic E-state index is 12.7. The molecule has 2 aromatic rings. The van der Waals surface area contributed by atoms with Gasteiger partial charge in [-0.2, -0.15) is 18.3 Å². The summed E-state index contributed by atoms with van der Waals surface area (Å²) in [5.74, 6) is 0.0154. The Labute approximate surface area is 172 Å². The van der Waals surface area contributed by atoms with E-state index in [9.17, 15) is 26.4 Å². The van der Waals surface area contributed by atoms with Crippen LogP contribution >= 0.6 is 0 Å². The van der Waals surface area contributed by atoms with Gasteiger partial charge in [-0.05, 0) is 49.6 Å². The lowest BCUT2D eigenvalue weighted by Crippen LogP contribution is -2.27. The van der Waals surface area contributed by atoms with Crippen molar-refractivity contribution >= 4 is 21.6 Å². The molecule has 1 aromatic carbocycles. The highest BCUT2D eigenvalue weighted by molar-refractivity contribution is 7.89. The summed E-state index contributed by atoms with van der Waals surface area (Å²) in [4.78, 5) is 13.5. The molecule has 2 heterocycles. The minimum Gasteiger partial charge on any atom is -0.312 e. The summed E-state index contributed by atoms with van der Waals surface area (Å²) in [6.07, 6.45) is -1.21. The Morgan fingerprint density at radius 3 is 2.43 bits per heavy atom. The van der Waals surface area contributed by atoms with E-state index in [1.54, 1.807) is 24.0 Å². The minimum atomic E-state index is -4.52. The van der Waals surface area contributed by atoms with Crippen molar-refractivity contribution in [3.8, 4) is 0 Å². The summed E-state index contributed by atoms with van der Waals surface area (Å²) in [5.41, 5.74) is -0.320.